The SMILES string of the molecule is Cc1cnc(CNC(C)c2ccc(C#N)cc2)s1. The first kappa shape index (κ1) is 12.7. The molecule has 1 aromatic heterocycles. The molecule has 0 spiro atoms. The van der Waals surface area contributed by atoms with Crippen molar-refractivity contribution in [2.45, 2.75) is 26.4 Å². The maximum absolute atomic E-state index is 8.75. The minimum atomic E-state index is 0.252. The van der Waals surface area contributed by atoms with Gasteiger partial charge in [0.1, 0.15) is 5.01 Å². The van der Waals surface area contributed by atoms with E-state index in [1.165, 1.54) is 10.4 Å². The molecule has 2 aromatic rings. The van der Waals surface area contributed by atoms with Crippen molar-refractivity contribution in [3.05, 3.63) is 51.5 Å². The van der Waals surface area contributed by atoms with E-state index >= 15 is 0 Å². The fourth-order valence-corrected chi connectivity index (χ4v) is 2.43. The summed E-state index contributed by atoms with van der Waals surface area (Å²) in [4.78, 5) is 5.56. The number of hydrogen-bond donors (Lipinski definition) is 1. The van der Waals surface area contributed by atoms with Gasteiger partial charge in [0, 0.05) is 23.7 Å². The molecule has 3 nitrogen and oxygen atoms in total. The van der Waals surface area contributed by atoms with Crippen LogP contribution in [0.15, 0.2) is 30.5 Å². The van der Waals surface area contributed by atoms with Crippen LogP contribution in [0.5, 0.6) is 0 Å². The lowest BCUT2D eigenvalue weighted by Gasteiger charge is -2.13. The standard InChI is InChI=1S/C14H15N3S/c1-10-8-17-14(18-10)9-16-11(2)13-5-3-12(7-15)4-6-13/h3-6,8,11,16H,9H2,1-2H3. The van der Waals surface area contributed by atoms with Gasteiger partial charge in [-0.05, 0) is 31.5 Å². The molecule has 0 saturated carbocycles. The van der Waals surface area contributed by atoms with Crippen LogP contribution in [0.2, 0.25) is 0 Å². The molecular weight excluding hydrogens is 242 g/mol. The number of rotatable bonds is 4. The van der Waals surface area contributed by atoms with Crippen LogP contribution < -0.4 is 5.32 Å². The summed E-state index contributed by atoms with van der Waals surface area (Å²) in [6, 6.07) is 10.1. The molecule has 1 atom stereocenters. The highest BCUT2D eigenvalue weighted by Crippen LogP contribution is 2.16. The monoisotopic (exact) mass is 257 g/mol. The fraction of sp³-hybridized carbons (Fsp3) is 0.286. The first-order valence-corrected chi connectivity index (χ1v) is 6.65. The quantitative estimate of drug-likeness (QED) is 0.915. The molecule has 4 heteroatoms. The third-order valence-electron chi connectivity index (χ3n) is 2.77. The van der Waals surface area contributed by atoms with E-state index in [4.69, 9.17) is 5.26 Å². The fourth-order valence-electron chi connectivity index (χ4n) is 1.69. The summed E-state index contributed by atoms with van der Waals surface area (Å²) >= 11 is 1.71. The van der Waals surface area contributed by atoms with Crippen LogP contribution in [-0.2, 0) is 6.54 Å². The van der Waals surface area contributed by atoms with Gasteiger partial charge in [0.2, 0.25) is 0 Å². The van der Waals surface area contributed by atoms with Gasteiger partial charge in [0.05, 0.1) is 11.6 Å². The van der Waals surface area contributed by atoms with Crippen molar-refractivity contribution in [1.29, 1.82) is 5.26 Å². The van der Waals surface area contributed by atoms with Crippen molar-refractivity contribution in [3.63, 3.8) is 0 Å². The zero-order valence-corrected chi connectivity index (χ0v) is 11.3. The molecule has 1 unspecified atom stereocenters. The van der Waals surface area contributed by atoms with E-state index in [0.717, 1.165) is 11.6 Å². The Balaban J connectivity index is 1.95. The van der Waals surface area contributed by atoms with Gasteiger partial charge in [-0.15, -0.1) is 11.3 Å². The zero-order chi connectivity index (χ0) is 13.0. The molecule has 0 bridgehead atoms. The van der Waals surface area contributed by atoms with E-state index in [2.05, 4.69) is 30.2 Å². The first-order valence-electron chi connectivity index (χ1n) is 5.84. The predicted molar refractivity (Wildman–Crippen MR) is 73.3 cm³/mol. The molecule has 1 heterocycles. The average molecular weight is 257 g/mol. The van der Waals surface area contributed by atoms with Gasteiger partial charge in [0.15, 0.2) is 0 Å². The Morgan fingerprint density at radius 1 is 1.39 bits per heavy atom. The first-order chi connectivity index (χ1) is 8.69. The van der Waals surface area contributed by atoms with E-state index in [0.29, 0.717) is 5.56 Å². The largest absolute Gasteiger partial charge is 0.304 e. The summed E-state index contributed by atoms with van der Waals surface area (Å²) in [7, 11) is 0. The molecule has 2 rings (SSSR count). The van der Waals surface area contributed by atoms with Gasteiger partial charge < -0.3 is 5.32 Å². The molecule has 0 aliphatic carbocycles. The number of nitrogens with zero attached hydrogens (tertiary/aromatic N) is 2. The second-order valence-electron chi connectivity index (χ2n) is 4.20. The van der Waals surface area contributed by atoms with Gasteiger partial charge in [0.25, 0.3) is 0 Å². The van der Waals surface area contributed by atoms with Gasteiger partial charge >= 0.3 is 0 Å². The van der Waals surface area contributed by atoms with Crippen molar-refractivity contribution >= 4 is 11.3 Å². The van der Waals surface area contributed by atoms with Crippen molar-refractivity contribution in [2.75, 3.05) is 0 Å². The van der Waals surface area contributed by atoms with Crippen molar-refractivity contribution < 1.29 is 0 Å². The normalized spacial score (nSPS) is 12.1. The van der Waals surface area contributed by atoms with E-state index in [9.17, 15) is 0 Å². The topological polar surface area (TPSA) is 48.7 Å². The van der Waals surface area contributed by atoms with Crippen LogP contribution in [-0.4, -0.2) is 4.98 Å². The second-order valence-corrected chi connectivity index (χ2v) is 5.52. The number of nitrogens with one attached hydrogen (secondary N) is 1. The lowest BCUT2D eigenvalue weighted by molar-refractivity contribution is 0.573. The highest BCUT2D eigenvalue weighted by Gasteiger charge is 2.06. The van der Waals surface area contributed by atoms with E-state index in [1.54, 1.807) is 11.3 Å². The molecule has 0 saturated heterocycles. The minimum absolute atomic E-state index is 0.252. The summed E-state index contributed by atoms with van der Waals surface area (Å²) < 4.78 is 0. The van der Waals surface area contributed by atoms with Crippen LogP contribution >= 0.6 is 11.3 Å². The lowest BCUT2D eigenvalue weighted by atomic mass is 10.1. The van der Waals surface area contributed by atoms with Crippen LogP contribution in [0.3, 0.4) is 0 Å². The molecule has 0 aliphatic rings. The molecule has 0 radical (unpaired) electrons. The maximum atomic E-state index is 8.75. The summed E-state index contributed by atoms with van der Waals surface area (Å²) in [5, 5.41) is 13.3. The Labute approximate surface area is 111 Å². The van der Waals surface area contributed by atoms with E-state index in [1.807, 2.05) is 30.5 Å². The van der Waals surface area contributed by atoms with Crippen LogP contribution in [0.1, 0.15) is 34.0 Å². The van der Waals surface area contributed by atoms with Crippen molar-refractivity contribution in [3.8, 4) is 6.07 Å². The van der Waals surface area contributed by atoms with Gasteiger partial charge in [-0.3, -0.25) is 0 Å². The molecule has 0 aliphatic heterocycles. The second kappa shape index (κ2) is 5.76. The molecule has 1 N–H and O–H groups in total. The summed E-state index contributed by atoms with van der Waals surface area (Å²) in [5.74, 6) is 0. The highest BCUT2D eigenvalue weighted by molar-refractivity contribution is 7.11. The van der Waals surface area contributed by atoms with Crippen molar-refractivity contribution in [2.24, 2.45) is 0 Å². The van der Waals surface area contributed by atoms with Gasteiger partial charge in [-0.25, -0.2) is 4.98 Å². The number of nitriles is 1. The minimum Gasteiger partial charge on any atom is -0.304 e. The van der Waals surface area contributed by atoms with Gasteiger partial charge in [-0.1, -0.05) is 12.1 Å². The Morgan fingerprint density at radius 3 is 2.67 bits per heavy atom. The number of benzene rings is 1. The summed E-state index contributed by atoms with van der Waals surface area (Å²) in [5.41, 5.74) is 1.88. The van der Waals surface area contributed by atoms with Gasteiger partial charge in [-0.2, -0.15) is 5.26 Å². The van der Waals surface area contributed by atoms with Crippen LogP contribution in [0.4, 0.5) is 0 Å². The smallest absolute Gasteiger partial charge is 0.107 e. The number of aromatic nitrogens is 1. The van der Waals surface area contributed by atoms with E-state index < -0.39 is 0 Å². The molecule has 0 fully saturated rings. The van der Waals surface area contributed by atoms with Crippen molar-refractivity contribution in [1.82, 2.24) is 10.3 Å². The van der Waals surface area contributed by atoms with E-state index in [-0.39, 0.29) is 6.04 Å². The Bertz CT molecular complexity index is 551. The number of aryl methyl sites for hydroxylation is 1. The molecule has 1 aromatic carbocycles. The Morgan fingerprint density at radius 2 is 2.11 bits per heavy atom. The zero-order valence-electron chi connectivity index (χ0n) is 10.5. The number of thiazole rings is 1. The Hall–Kier alpha value is -1.70. The summed E-state index contributed by atoms with van der Waals surface area (Å²) in [6.07, 6.45) is 1.90. The number of hydrogen-bond acceptors (Lipinski definition) is 4. The Kier molecular flexibility index (Phi) is 4.08. The molecular formula is C14H15N3S. The third kappa shape index (κ3) is 3.16. The predicted octanol–water partition coefficient (Wildman–Crippen LogP) is 3.17. The highest BCUT2D eigenvalue weighted by atomic mass is 32.1. The molecule has 92 valence electrons. The van der Waals surface area contributed by atoms with Crippen LogP contribution in [0.25, 0.3) is 0 Å². The third-order valence-corrected chi connectivity index (χ3v) is 3.68. The van der Waals surface area contributed by atoms with Crippen LogP contribution in [0, 0.1) is 18.3 Å². The average Bonchev–Trinajstić information content (AvgIpc) is 2.82. The lowest BCUT2D eigenvalue weighted by Crippen LogP contribution is -2.17. The summed E-state index contributed by atoms with van der Waals surface area (Å²) in [6.45, 7) is 4.95. The maximum Gasteiger partial charge on any atom is 0.107 e. The molecule has 0 amide bonds. The molecule has 18 heavy (non-hydrogen) atoms.